The Labute approximate surface area is 92.8 Å². The van der Waals surface area contributed by atoms with Crippen molar-refractivity contribution in [1.29, 1.82) is 0 Å². The number of nitrogens with one attached hydrogen (secondary N) is 1. The molecule has 1 N–H and O–H groups in total. The third-order valence-corrected chi connectivity index (χ3v) is 4.06. The van der Waals surface area contributed by atoms with Gasteiger partial charge in [-0.15, -0.1) is 0 Å². The van der Waals surface area contributed by atoms with Gasteiger partial charge in [-0.2, -0.15) is 12.6 Å². The molecule has 2 rings (SSSR count). The number of thiol groups is 1. The molecule has 0 bridgehead atoms. The van der Waals surface area contributed by atoms with Gasteiger partial charge in [0.15, 0.2) is 0 Å². The summed E-state index contributed by atoms with van der Waals surface area (Å²) in [6, 6.07) is 0.661. The highest BCUT2D eigenvalue weighted by Gasteiger charge is 2.33. The summed E-state index contributed by atoms with van der Waals surface area (Å²) in [5.41, 5.74) is 1.66. The summed E-state index contributed by atoms with van der Waals surface area (Å²) in [4.78, 5) is 0. The summed E-state index contributed by atoms with van der Waals surface area (Å²) < 4.78 is 0.185. The maximum Gasteiger partial charge on any atom is 0.0282 e. The molecule has 2 aliphatic rings. The van der Waals surface area contributed by atoms with Crippen molar-refractivity contribution in [3.63, 3.8) is 0 Å². The highest BCUT2D eigenvalue weighted by Crippen LogP contribution is 2.39. The Bertz CT molecular complexity index is 239. The van der Waals surface area contributed by atoms with Crippen molar-refractivity contribution in [2.75, 3.05) is 6.54 Å². The van der Waals surface area contributed by atoms with Crippen LogP contribution in [0.1, 0.15) is 39.5 Å². The van der Waals surface area contributed by atoms with Crippen LogP contribution in [-0.4, -0.2) is 17.3 Å². The first kappa shape index (κ1) is 10.6. The Kier molecular flexibility index (Phi) is 2.94. The SMILES string of the molecule is CC(C)(S)C1CCC2=CCCNC2C1. The molecule has 0 saturated heterocycles. The zero-order valence-corrected chi connectivity index (χ0v) is 10.1. The smallest absolute Gasteiger partial charge is 0.0282 e. The maximum absolute atomic E-state index is 4.71. The number of rotatable bonds is 1. The first-order valence-electron chi connectivity index (χ1n) is 5.72. The van der Waals surface area contributed by atoms with Gasteiger partial charge >= 0.3 is 0 Å². The van der Waals surface area contributed by atoms with Crippen molar-refractivity contribution in [1.82, 2.24) is 5.32 Å². The van der Waals surface area contributed by atoms with Crippen molar-refractivity contribution in [3.8, 4) is 0 Å². The summed E-state index contributed by atoms with van der Waals surface area (Å²) in [5.74, 6) is 0.763. The minimum absolute atomic E-state index is 0.185. The summed E-state index contributed by atoms with van der Waals surface area (Å²) in [5, 5.41) is 3.62. The van der Waals surface area contributed by atoms with Crippen LogP contribution in [0.4, 0.5) is 0 Å². The van der Waals surface area contributed by atoms with Crippen LogP contribution in [0, 0.1) is 5.92 Å². The molecule has 1 nitrogen and oxygen atoms in total. The van der Waals surface area contributed by atoms with E-state index >= 15 is 0 Å². The second kappa shape index (κ2) is 3.90. The normalized spacial score (nSPS) is 33.5. The highest BCUT2D eigenvalue weighted by atomic mass is 32.1. The van der Waals surface area contributed by atoms with E-state index in [9.17, 15) is 0 Å². The second-order valence-electron chi connectivity index (χ2n) is 5.20. The molecule has 0 amide bonds. The predicted molar refractivity (Wildman–Crippen MR) is 64.9 cm³/mol. The van der Waals surface area contributed by atoms with Gasteiger partial charge in [0.05, 0.1) is 0 Å². The lowest BCUT2D eigenvalue weighted by Gasteiger charge is -2.40. The quantitative estimate of drug-likeness (QED) is 0.502. The van der Waals surface area contributed by atoms with Crippen LogP contribution in [0.15, 0.2) is 11.6 Å². The third-order valence-electron chi connectivity index (χ3n) is 3.69. The largest absolute Gasteiger partial charge is 0.310 e. The average Bonchev–Trinajstić information content (AvgIpc) is 2.16. The van der Waals surface area contributed by atoms with Gasteiger partial charge in [-0.3, -0.25) is 0 Å². The predicted octanol–water partition coefficient (Wildman–Crippen LogP) is 2.78. The van der Waals surface area contributed by atoms with E-state index in [1.54, 1.807) is 5.57 Å². The minimum atomic E-state index is 0.185. The van der Waals surface area contributed by atoms with Gasteiger partial charge in [0.1, 0.15) is 0 Å². The molecule has 1 heterocycles. The number of hydrogen-bond acceptors (Lipinski definition) is 2. The summed E-state index contributed by atoms with van der Waals surface area (Å²) >= 11 is 4.71. The molecular formula is C12H21NS. The van der Waals surface area contributed by atoms with E-state index in [4.69, 9.17) is 12.6 Å². The number of hydrogen-bond donors (Lipinski definition) is 2. The van der Waals surface area contributed by atoms with Crippen molar-refractivity contribution in [3.05, 3.63) is 11.6 Å². The first-order chi connectivity index (χ1) is 6.57. The molecular weight excluding hydrogens is 190 g/mol. The van der Waals surface area contributed by atoms with E-state index < -0.39 is 0 Å². The Morgan fingerprint density at radius 2 is 2.29 bits per heavy atom. The van der Waals surface area contributed by atoms with Crippen molar-refractivity contribution in [2.45, 2.75) is 50.3 Å². The molecule has 2 heteroatoms. The molecule has 0 radical (unpaired) electrons. The molecule has 1 saturated carbocycles. The van der Waals surface area contributed by atoms with E-state index in [-0.39, 0.29) is 4.75 Å². The topological polar surface area (TPSA) is 12.0 Å². The van der Waals surface area contributed by atoms with E-state index in [1.165, 1.54) is 25.7 Å². The fourth-order valence-electron chi connectivity index (χ4n) is 2.68. The summed E-state index contributed by atoms with van der Waals surface area (Å²) in [6.07, 6.45) is 7.55. The van der Waals surface area contributed by atoms with E-state index in [1.807, 2.05) is 0 Å². The Balaban J connectivity index is 2.04. The molecule has 2 atom stereocenters. The lowest BCUT2D eigenvalue weighted by atomic mass is 9.75. The van der Waals surface area contributed by atoms with Gasteiger partial charge in [-0.05, 0) is 38.1 Å². The molecule has 1 aliphatic heterocycles. The molecule has 1 aliphatic carbocycles. The van der Waals surface area contributed by atoms with Crippen LogP contribution in [0.2, 0.25) is 0 Å². The third kappa shape index (κ3) is 2.17. The molecule has 14 heavy (non-hydrogen) atoms. The van der Waals surface area contributed by atoms with Gasteiger partial charge in [0.2, 0.25) is 0 Å². The first-order valence-corrected chi connectivity index (χ1v) is 6.17. The maximum atomic E-state index is 4.71. The molecule has 0 aromatic carbocycles. The fourth-order valence-corrected chi connectivity index (χ4v) is 2.92. The average molecular weight is 211 g/mol. The van der Waals surface area contributed by atoms with Crippen LogP contribution < -0.4 is 5.32 Å². The molecule has 2 unspecified atom stereocenters. The standard InChI is InChI=1S/C12H21NS/c1-12(2,14)10-6-5-9-4-3-7-13-11(9)8-10/h4,10-11,13-14H,3,5-8H2,1-2H3. The van der Waals surface area contributed by atoms with Crippen molar-refractivity contribution < 1.29 is 0 Å². The fraction of sp³-hybridized carbons (Fsp3) is 0.833. The second-order valence-corrected chi connectivity index (χ2v) is 6.35. The molecule has 80 valence electrons. The van der Waals surface area contributed by atoms with Crippen LogP contribution in [0.3, 0.4) is 0 Å². The Morgan fingerprint density at radius 1 is 1.50 bits per heavy atom. The lowest BCUT2D eigenvalue weighted by Crippen LogP contribution is -2.42. The van der Waals surface area contributed by atoms with Gasteiger partial charge in [-0.25, -0.2) is 0 Å². The summed E-state index contributed by atoms with van der Waals surface area (Å²) in [7, 11) is 0. The van der Waals surface area contributed by atoms with Gasteiger partial charge < -0.3 is 5.32 Å². The molecule has 0 aromatic rings. The zero-order valence-electron chi connectivity index (χ0n) is 9.21. The van der Waals surface area contributed by atoms with E-state index in [0.717, 1.165) is 12.5 Å². The van der Waals surface area contributed by atoms with Gasteiger partial charge in [0, 0.05) is 10.8 Å². The van der Waals surface area contributed by atoms with Gasteiger partial charge in [-0.1, -0.05) is 25.5 Å². The van der Waals surface area contributed by atoms with E-state index in [2.05, 4.69) is 25.2 Å². The van der Waals surface area contributed by atoms with Crippen molar-refractivity contribution >= 4 is 12.6 Å². The van der Waals surface area contributed by atoms with Crippen molar-refractivity contribution in [2.24, 2.45) is 5.92 Å². The lowest BCUT2D eigenvalue weighted by molar-refractivity contribution is 0.291. The zero-order chi connectivity index (χ0) is 10.2. The van der Waals surface area contributed by atoms with Crippen LogP contribution in [0.25, 0.3) is 0 Å². The highest BCUT2D eigenvalue weighted by molar-refractivity contribution is 7.81. The van der Waals surface area contributed by atoms with Crippen LogP contribution in [-0.2, 0) is 0 Å². The molecule has 1 fully saturated rings. The minimum Gasteiger partial charge on any atom is -0.310 e. The molecule has 0 spiro atoms. The van der Waals surface area contributed by atoms with Crippen LogP contribution in [0.5, 0.6) is 0 Å². The number of fused-ring (bicyclic) bond motifs is 1. The van der Waals surface area contributed by atoms with E-state index in [0.29, 0.717) is 6.04 Å². The monoisotopic (exact) mass is 211 g/mol. The van der Waals surface area contributed by atoms with Gasteiger partial charge in [0.25, 0.3) is 0 Å². The Hall–Kier alpha value is 0.0500. The summed E-state index contributed by atoms with van der Waals surface area (Å²) in [6.45, 7) is 5.66. The Morgan fingerprint density at radius 3 is 3.00 bits per heavy atom. The van der Waals surface area contributed by atoms with Crippen LogP contribution >= 0.6 is 12.6 Å². The molecule has 0 aromatic heterocycles.